The van der Waals surface area contributed by atoms with Crippen LogP contribution >= 0.6 is 0 Å². The molecule has 0 radical (unpaired) electrons. The van der Waals surface area contributed by atoms with E-state index in [4.69, 9.17) is 9.51 Å². The zero-order valence-electron chi connectivity index (χ0n) is 14.4. The molecule has 1 N–H and O–H groups in total. The molecule has 0 bridgehead atoms. The molecule has 0 unspecified atom stereocenters. The van der Waals surface area contributed by atoms with Gasteiger partial charge in [-0.15, -0.1) is 0 Å². The predicted molar refractivity (Wildman–Crippen MR) is 94.1 cm³/mol. The Morgan fingerprint density at radius 1 is 1.24 bits per heavy atom. The number of aromatic nitrogens is 3. The van der Waals surface area contributed by atoms with E-state index in [1.807, 2.05) is 44.2 Å². The Morgan fingerprint density at radius 3 is 2.76 bits per heavy atom. The number of hydrogen-bond acceptors (Lipinski definition) is 5. The lowest BCUT2D eigenvalue weighted by atomic mass is 10.0. The van der Waals surface area contributed by atoms with E-state index in [-0.39, 0.29) is 5.56 Å². The molecule has 3 heterocycles. The first-order valence-electron chi connectivity index (χ1n) is 8.43. The Balaban J connectivity index is 1.61. The van der Waals surface area contributed by atoms with Crippen LogP contribution in [0.25, 0.3) is 11.4 Å². The molecule has 0 aliphatic carbocycles. The molecule has 3 aromatic rings. The van der Waals surface area contributed by atoms with Crippen LogP contribution in [0.5, 0.6) is 0 Å². The lowest BCUT2D eigenvalue weighted by Crippen LogP contribution is -2.35. The van der Waals surface area contributed by atoms with E-state index in [0.717, 1.165) is 53.3 Å². The van der Waals surface area contributed by atoms with Gasteiger partial charge in [-0.1, -0.05) is 35.5 Å². The fourth-order valence-electron chi connectivity index (χ4n) is 3.30. The van der Waals surface area contributed by atoms with Crippen LogP contribution in [0.15, 0.2) is 39.6 Å². The summed E-state index contributed by atoms with van der Waals surface area (Å²) < 4.78 is 5.24. The highest BCUT2D eigenvalue weighted by atomic mass is 16.5. The summed E-state index contributed by atoms with van der Waals surface area (Å²) in [6.45, 7) is 6.07. The monoisotopic (exact) mass is 336 g/mol. The van der Waals surface area contributed by atoms with Crippen LogP contribution in [0.3, 0.4) is 0 Å². The van der Waals surface area contributed by atoms with Crippen molar-refractivity contribution in [2.75, 3.05) is 6.54 Å². The van der Waals surface area contributed by atoms with Gasteiger partial charge in [-0.05, 0) is 13.8 Å². The van der Waals surface area contributed by atoms with E-state index in [1.54, 1.807) is 0 Å². The smallest absolute Gasteiger partial charge is 0.255 e. The largest absolute Gasteiger partial charge is 0.361 e. The molecular formula is C19H20N4O2. The van der Waals surface area contributed by atoms with Crippen molar-refractivity contribution < 1.29 is 4.52 Å². The van der Waals surface area contributed by atoms with Crippen LogP contribution in [0.4, 0.5) is 0 Å². The van der Waals surface area contributed by atoms with Gasteiger partial charge in [0.2, 0.25) is 0 Å². The Morgan fingerprint density at radius 2 is 2.04 bits per heavy atom. The number of rotatable bonds is 3. The Kier molecular flexibility index (Phi) is 3.97. The molecule has 0 saturated heterocycles. The quantitative estimate of drug-likeness (QED) is 0.796. The molecule has 1 aromatic carbocycles. The maximum absolute atomic E-state index is 12.6. The highest BCUT2D eigenvalue weighted by molar-refractivity contribution is 5.54. The maximum Gasteiger partial charge on any atom is 0.255 e. The molecule has 1 aliphatic heterocycles. The van der Waals surface area contributed by atoms with Crippen LogP contribution < -0.4 is 5.56 Å². The first kappa shape index (κ1) is 15.8. The first-order chi connectivity index (χ1) is 12.1. The van der Waals surface area contributed by atoms with Gasteiger partial charge < -0.3 is 9.51 Å². The van der Waals surface area contributed by atoms with Crippen LogP contribution in [-0.4, -0.2) is 26.6 Å². The lowest BCUT2D eigenvalue weighted by molar-refractivity contribution is 0.240. The number of fused-ring (bicyclic) bond motifs is 1. The second kappa shape index (κ2) is 6.29. The van der Waals surface area contributed by atoms with Crippen molar-refractivity contribution in [3.05, 3.63) is 69.0 Å². The second-order valence-corrected chi connectivity index (χ2v) is 6.47. The highest BCUT2D eigenvalue weighted by Crippen LogP contribution is 2.21. The standard InChI is InChI=1S/C19H20N4O2/c1-12-15(13(2)25-22-12)10-23-9-8-17-16(11-23)19(24)21-18(20-17)14-6-4-3-5-7-14/h3-7H,8-11H2,1-2H3,(H,20,21,24). The summed E-state index contributed by atoms with van der Waals surface area (Å²) in [6, 6.07) is 9.75. The molecule has 0 fully saturated rings. The minimum Gasteiger partial charge on any atom is -0.361 e. The summed E-state index contributed by atoms with van der Waals surface area (Å²) in [7, 11) is 0. The minimum absolute atomic E-state index is 0.0488. The molecule has 6 heteroatoms. The van der Waals surface area contributed by atoms with E-state index < -0.39 is 0 Å². The zero-order valence-corrected chi connectivity index (χ0v) is 14.4. The van der Waals surface area contributed by atoms with Crippen LogP contribution in [-0.2, 0) is 19.5 Å². The third-order valence-corrected chi connectivity index (χ3v) is 4.76. The average Bonchev–Trinajstić information content (AvgIpc) is 2.95. The molecule has 6 nitrogen and oxygen atoms in total. The maximum atomic E-state index is 12.6. The number of aryl methyl sites for hydroxylation is 2. The van der Waals surface area contributed by atoms with Gasteiger partial charge in [0.25, 0.3) is 5.56 Å². The third-order valence-electron chi connectivity index (χ3n) is 4.76. The van der Waals surface area contributed by atoms with Crippen LogP contribution in [0, 0.1) is 13.8 Å². The molecule has 0 spiro atoms. The van der Waals surface area contributed by atoms with Gasteiger partial charge in [0, 0.05) is 37.2 Å². The van der Waals surface area contributed by atoms with Crippen LogP contribution in [0.1, 0.15) is 28.3 Å². The van der Waals surface area contributed by atoms with Gasteiger partial charge in [0.15, 0.2) is 0 Å². The number of nitrogens with zero attached hydrogens (tertiary/aromatic N) is 3. The molecule has 0 amide bonds. The first-order valence-corrected chi connectivity index (χ1v) is 8.43. The SMILES string of the molecule is Cc1noc(C)c1CN1CCc2nc(-c3ccccc3)[nH]c(=O)c2C1. The van der Waals surface area contributed by atoms with Crippen molar-refractivity contribution in [2.45, 2.75) is 33.4 Å². The van der Waals surface area contributed by atoms with Crippen molar-refractivity contribution in [1.82, 2.24) is 20.0 Å². The Bertz CT molecular complexity index is 940. The fraction of sp³-hybridized carbons (Fsp3) is 0.316. The topological polar surface area (TPSA) is 75.0 Å². The van der Waals surface area contributed by atoms with Gasteiger partial charge in [-0.25, -0.2) is 4.98 Å². The summed E-state index contributed by atoms with van der Waals surface area (Å²) in [5.74, 6) is 1.48. The van der Waals surface area contributed by atoms with E-state index >= 15 is 0 Å². The Labute approximate surface area is 145 Å². The second-order valence-electron chi connectivity index (χ2n) is 6.47. The van der Waals surface area contributed by atoms with Crippen molar-refractivity contribution in [2.24, 2.45) is 0 Å². The molecule has 25 heavy (non-hydrogen) atoms. The minimum atomic E-state index is -0.0488. The molecule has 4 rings (SSSR count). The van der Waals surface area contributed by atoms with E-state index in [1.165, 1.54) is 0 Å². The molecule has 0 saturated carbocycles. The number of nitrogens with one attached hydrogen (secondary N) is 1. The molecule has 1 aliphatic rings. The van der Waals surface area contributed by atoms with Gasteiger partial charge in [-0.2, -0.15) is 0 Å². The molecule has 128 valence electrons. The molecule has 0 atom stereocenters. The van der Waals surface area contributed by atoms with Crippen molar-refractivity contribution in [3.63, 3.8) is 0 Å². The lowest BCUT2D eigenvalue weighted by Gasteiger charge is -2.27. The Hall–Kier alpha value is -2.73. The van der Waals surface area contributed by atoms with Crippen molar-refractivity contribution >= 4 is 0 Å². The van der Waals surface area contributed by atoms with Gasteiger partial charge in [0.1, 0.15) is 11.6 Å². The summed E-state index contributed by atoms with van der Waals surface area (Å²) in [4.78, 5) is 22.5. The highest BCUT2D eigenvalue weighted by Gasteiger charge is 2.23. The van der Waals surface area contributed by atoms with Gasteiger partial charge in [-0.3, -0.25) is 9.69 Å². The van der Waals surface area contributed by atoms with Crippen molar-refractivity contribution in [3.8, 4) is 11.4 Å². The van der Waals surface area contributed by atoms with Crippen molar-refractivity contribution in [1.29, 1.82) is 0 Å². The van der Waals surface area contributed by atoms with E-state index in [0.29, 0.717) is 12.4 Å². The number of aromatic amines is 1. The normalized spacial score (nSPS) is 14.5. The molecular weight excluding hydrogens is 316 g/mol. The number of benzene rings is 1. The van der Waals surface area contributed by atoms with Gasteiger partial charge in [0.05, 0.1) is 17.0 Å². The summed E-state index contributed by atoms with van der Waals surface area (Å²) >= 11 is 0. The summed E-state index contributed by atoms with van der Waals surface area (Å²) in [5.41, 5.74) is 4.56. The summed E-state index contributed by atoms with van der Waals surface area (Å²) in [6.07, 6.45) is 0.766. The number of hydrogen-bond donors (Lipinski definition) is 1. The summed E-state index contributed by atoms with van der Waals surface area (Å²) in [5, 5.41) is 4.01. The molecule has 2 aromatic heterocycles. The zero-order chi connectivity index (χ0) is 17.4. The van der Waals surface area contributed by atoms with Crippen LogP contribution in [0.2, 0.25) is 0 Å². The average molecular weight is 336 g/mol. The number of H-pyrrole nitrogens is 1. The van der Waals surface area contributed by atoms with Gasteiger partial charge >= 0.3 is 0 Å². The van der Waals surface area contributed by atoms with E-state index in [2.05, 4.69) is 15.0 Å². The van der Waals surface area contributed by atoms with E-state index in [9.17, 15) is 4.79 Å². The third kappa shape index (κ3) is 3.00. The fourth-order valence-corrected chi connectivity index (χ4v) is 3.30. The predicted octanol–water partition coefficient (Wildman–Crippen LogP) is 2.60.